The van der Waals surface area contributed by atoms with E-state index in [0.29, 0.717) is 18.4 Å². The largest absolute Gasteiger partial charge is 0.457 e. The molecule has 8 atom stereocenters. The maximum absolute atomic E-state index is 12.5. The number of epoxide rings is 1. The Kier molecular flexibility index (Phi) is 11.4. The van der Waals surface area contributed by atoms with Crippen molar-refractivity contribution in [3.05, 3.63) is 36.0 Å². The molecule has 9 heteroatoms. The molecule has 0 unspecified atom stereocenters. The van der Waals surface area contributed by atoms with Gasteiger partial charge in [0.1, 0.15) is 35.8 Å². The summed E-state index contributed by atoms with van der Waals surface area (Å²) >= 11 is 0. The molecule has 1 fully saturated rings. The van der Waals surface area contributed by atoms with Gasteiger partial charge in [-0.15, -0.1) is 0 Å². The summed E-state index contributed by atoms with van der Waals surface area (Å²) in [5.41, 5.74) is -2.02. The van der Waals surface area contributed by atoms with Gasteiger partial charge in [-0.25, -0.2) is 0 Å². The molecule has 0 aliphatic carbocycles. The van der Waals surface area contributed by atoms with Crippen molar-refractivity contribution in [3.8, 4) is 0 Å². The van der Waals surface area contributed by atoms with E-state index < -0.39 is 41.8 Å². The summed E-state index contributed by atoms with van der Waals surface area (Å²) in [5.74, 6) is -2.08. The fourth-order valence-corrected chi connectivity index (χ4v) is 4.75. The summed E-state index contributed by atoms with van der Waals surface area (Å²) < 4.78 is 16.6. The van der Waals surface area contributed by atoms with Crippen LogP contribution >= 0.6 is 0 Å². The maximum atomic E-state index is 12.5. The molecule has 2 aliphatic rings. The highest BCUT2D eigenvalue weighted by Crippen LogP contribution is 2.36. The van der Waals surface area contributed by atoms with Gasteiger partial charge in [-0.05, 0) is 38.8 Å². The molecule has 2 rings (SSSR count). The quantitative estimate of drug-likeness (QED) is 0.146. The monoisotopic (exact) mass is 548 g/mol. The van der Waals surface area contributed by atoms with Crippen LogP contribution < -0.4 is 0 Å². The molecule has 0 bridgehead atoms. The highest BCUT2D eigenvalue weighted by molar-refractivity contribution is 5.95. The number of aliphatic hydroxyl groups is 2. The average Bonchev–Trinajstić information content (AvgIpc) is 3.59. The minimum absolute atomic E-state index is 0.0172. The van der Waals surface area contributed by atoms with E-state index in [1.807, 2.05) is 20.8 Å². The Balaban J connectivity index is 2.19. The van der Waals surface area contributed by atoms with Gasteiger partial charge in [0.15, 0.2) is 0 Å². The van der Waals surface area contributed by atoms with E-state index in [1.54, 1.807) is 44.2 Å². The SMILES string of the molecule is CCC(=O)[C@@H](C)[C@H]1O[C@@H]1C[C@](C)(O)/C=C/C=C(\C)[C@H]1OC(=O)CC(=O)CC[C@](C)(O)[C@H](OC(C)=O)/C=C/[C@@H]1C. The minimum Gasteiger partial charge on any atom is -0.457 e. The predicted molar refractivity (Wildman–Crippen MR) is 144 cm³/mol. The molecule has 1 saturated heterocycles. The summed E-state index contributed by atoms with van der Waals surface area (Å²) in [5, 5.41) is 21.7. The second kappa shape index (κ2) is 13.6. The van der Waals surface area contributed by atoms with Gasteiger partial charge in [-0.1, -0.05) is 45.1 Å². The van der Waals surface area contributed by atoms with Gasteiger partial charge in [-0.3, -0.25) is 19.2 Å². The van der Waals surface area contributed by atoms with Crippen molar-refractivity contribution >= 4 is 23.5 Å². The van der Waals surface area contributed by atoms with E-state index in [4.69, 9.17) is 14.2 Å². The summed E-state index contributed by atoms with van der Waals surface area (Å²) in [4.78, 5) is 48.5. The Hall–Kier alpha value is -2.62. The van der Waals surface area contributed by atoms with Crippen molar-refractivity contribution in [2.45, 2.75) is 116 Å². The molecule has 2 aliphatic heterocycles. The first kappa shape index (κ1) is 32.6. The summed E-state index contributed by atoms with van der Waals surface area (Å²) in [6, 6.07) is 0. The van der Waals surface area contributed by atoms with Gasteiger partial charge in [0.05, 0.1) is 17.8 Å². The first-order chi connectivity index (χ1) is 18.1. The topological polar surface area (TPSA) is 140 Å². The lowest BCUT2D eigenvalue weighted by molar-refractivity contribution is -0.156. The van der Waals surface area contributed by atoms with Crippen LogP contribution in [0.1, 0.15) is 80.6 Å². The zero-order valence-corrected chi connectivity index (χ0v) is 24.1. The molecule has 0 spiro atoms. The molecule has 0 aromatic rings. The van der Waals surface area contributed by atoms with Crippen LogP contribution in [0.25, 0.3) is 0 Å². The van der Waals surface area contributed by atoms with Crippen molar-refractivity contribution in [2.24, 2.45) is 11.8 Å². The molecule has 218 valence electrons. The van der Waals surface area contributed by atoms with Crippen molar-refractivity contribution < 1.29 is 43.6 Å². The van der Waals surface area contributed by atoms with Crippen LogP contribution in [0.2, 0.25) is 0 Å². The van der Waals surface area contributed by atoms with Crippen LogP contribution in [0, 0.1) is 11.8 Å². The Morgan fingerprint density at radius 3 is 2.56 bits per heavy atom. The van der Waals surface area contributed by atoms with Crippen molar-refractivity contribution in [1.82, 2.24) is 0 Å². The third kappa shape index (κ3) is 10.1. The van der Waals surface area contributed by atoms with Gasteiger partial charge in [0, 0.05) is 38.0 Å². The van der Waals surface area contributed by atoms with E-state index in [2.05, 4.69) is 0 Å². The van der Waals surface area contributed by atoms with Gasteiger partial charge < -0.3 is 24.4 Å². The number of carbonyl (C=O) groups is 4. The van der Waals surface area contributed by atoms with Crippen LogP contribution in [-0.2, 0) is 33.4 Å². The number of hydrogen-bond donors (Lipinski definition) is 2. The highest BCUT2D eigenvalue weighted by Gasteiger charge is 2.47. The third-order valence-corrected chi connectivity index (χ3v) is 7.33. The van der Waals surface area contributed by atoms with Crippen LogP contribution in [0.5, 0.6) is 0 Å². The van der Waals surface area contributed by atoms with Crippen molar-refractivity contribution in [2.75, 3.05) is 0 Å². The first-order valence-electron chi connectivity index (χ1n) is 13.6. The van der Waals surface area contributed by atoms with Crippen molar-refractivity contribution in [1.29, 1.82) is 0 Å². The molecule has 0 saturated carbocycles. The number of ketones is 2. The number of carbonyl (C=O) groups excluding carboxylic acids is 4. The number of hydrogen-bond acceptors (Lipinski definition) is 9. The third-order valence-electron chi connectivity index (χ3n) is 7.33. The number of rotatable bonds is 9. The van der Waals surface area contributed by atoms with Gasteiger partial charge in [0.25, 0.3) is 0 Å². The zero-order chi connectivity index (χ0) is 29.5. The smallest absolute Gasteiger partial charge is 0.313 e. The first-order valence-corrected chi connectivity index (χ1v) is 13.6. The second-order valence-corrected chi connectivity index (χ2v) is 11.3. The van der Waals surface area contributed by atoms with Gasteiger partial charge >= 0.3 is 11.9 Å². The number of Topliss-reactive ketones (excluding diaryl/α,β-unsaturated/α-hetero) is 2. The molecule has 0 radical (unpaired) electrons. The molecule has 2 N–H and O–H groups in total. The lowest BCUT2D eigenvalue weighted by atomic mass is 9.89. The fraction of sp³-hybridized carbons (Fsp3) is 0.667. The zero-order valence-electron chi connectivity index (χ0n) is 24.1. The van der Waals surface area contributed by atoms with E-state index in [9.17, 15) is 29.4 Å². The Morgan fingerprint density at radius 2 is 1.95 bits per heavy atom. The molecule has 2 heterocycles. The molecular formula is C30H44O9. The molecule has 39 heavy (non-hydrogen) atoms. The lowest BCUT2D eigenvalue weighted by Gasteiger charge is -2.31. The molecule has 0 aromatic heterocycles. The average molecular weight is 549 g/mol. The van der Waals surface area contributed by atoms with Crippen LogP contribution in [-0.4, -0.2) is 69.3 Å². The van der Waals surface area contributed by atoms with Gasteiger partial charge in [0.2, 0.25) is 0 Å². The van der Waals surface area contributed by atoms with Crippen LogP contribution in [0.3, 0.4) is 0 Å². The second-order valence-electron chi connectivity index (χ2n) is 11.3. The molecule has 0 amide bonds. The number of allylic oxidation sites excluding steroid dienone is 2. The van der Waals surface area contributed by atoms with E-state index in [-0.39, 0.29) is 48.5 Å². The van der Waals surface area contributed by atoms with Gasteiger partial charge in [-0.2, -0.15) is 0 Å². The minimum atomic E-state index is -1.50. The van der Waals surface area contributed by atoms with E-state index in [0.717, 1.165) is 0 Å². The normalized spacial score (nSPS) is 33.8. The standard InChI is InChI=1S/C30H44O9/c1-8-23(33)20(4)28-24(38-28)17-29(6,35)14-9-10-18(2)27-19(3)11-12-25(37-21(5)31)30(7,36)15-13-22(32)16-26(34)39-27/h9-12,14,19-20,24-25,27-28,35-36H,8,13,15-17H2,1-7H3/b12-11+,14-9+,18-10+/t19-,20+,24+,25+,27+,28+,29+,30-/m0/s1. The molecular weight excluding hydrogens is 504 g/mol. The van der Waals surface area contributed by atoms with E-state index >= 15 is 0 Å². The lowest BCUT2D eigenvalue weighted by Crippen LogP contribution is -2.42. The fourth-order valence-electron chi connectivity index (χ4n) is 4.75. The summed E-state index contributed by atoms with van der Waals surface area (Å²) in [6.45, 7) is 11.6. The number of cyclic esters (lactones) is 1. The predicted octanol–water partition coefficient (Wildman–Crippen LogP) is 3.55. The Labute approximate surface area is 231 Å². The molecule has 9 nitrogen and oxygen atoms in total. The molecule has 0 aromatic carbocycles. The van der Waals surface area contributed by atoms with Crippen LogP contribution in [0.15, 0.2) is 36.0 Å². The van der Waals surface area contributed by atoms with Crippen molar-refractivity contribution in [3.63, 3.8) is 0 Å². The number of ether oxygens (including phenoxy) is 3. The summed E-state index contributed by atoms with van der Waals surface area (Å²) in [6.07, 6.45) is 6.48. The Morgan fingerprint density at radius 1 is 1.28 bits per heavy atom. The highest BCUT2D eigenvalue weighted by atomic mass is 16.6. The Bertz CT molecular complexity index is 1000. The van der Waals surface area contributed by atoms with E-state index in [1.165, 1.54) is 13.8 Å². The summed E-state index contributed by atoms with van der Waals surface area (Å²) in [7, 11) is 0. The maximum Gasteiger partial charge on any atom is 0.313 e. The number of esters is 2. The van der Waals surface area contributed by atoms with Crippen LogP contribution in [0.4, 0.5) is 0 Å².